The maximum Gasteiger partial charge on any atom is 0.410 e. The Morgan fingerprint density at radius 1 is 0.750 bits per heavy atom. The average molecular weight is 657 g/mol. The van der Waals surface area contributed by atoms with Crippen LogP contribution in [0, 0.1) is 0 Å². The molecular weight excluding hydrogens is 604 g/mol. The van der Waals surface area contributed by atoms with E-state index in [-0.39, 0.29) is 35.1 Å². The molecule has 3 saturated carbocycles. The molecule has 2 bridgehead atoms. The normalized spacial score (nSPS) is 27.5. The highest BCUT2D eigenvalue weighted by Crippen LogP contribution is 2.58. The molecule has 0 spiro atoms. The Morgan fingerprint density at radius 3 is 1.83 bits per heavy atom. The van der Waals surface area contributed by atoms with Crippen LogP contribution in [-0.2, 0) is 20.3 Å². The molecule has 4 heterocycles. The molecule has 5 aliphatic rings. The van der Waals surface area contributed by atoms with Crippen molar-refractivity contribution in [3.63, 3.8) is 0 Å². The smallest absolute Gasteiger partial charge is 0.410 e. The Bertz CT molecular complexity index is 1640. The number of rotatable bonds is 5. The molecule has 2 N–H and O–H groups in total. The van der Waals surface area contributed by atoms with E-state index in [9.17, 15) is 9.59 Å². The van der Waals surface area contributed by atoms with Crippen molar-refractivity contribution >= 4 is 12.2 Å². The van der Waals surface area contributed by atoms with Gasteiger partial charge in [0.1, 0.15) is 22.9 Å². The summed E-state index contributed by atoms with van der Waals surface area (Å²) in [4.78, 5) is 46.4. The SMILES string of the molecule is CC(C)(C)OC(=O)N1CCCC1c1ncc(-c2cccc(C34CCC(c5cnc(C6CCCN6C(=O)OC(C)(C)C)[nH]5)(CC3)CC4)c2)[nH]1. The predicted octanol–water partition coefficient (Wildman–Crippen LogP) is 8.49. The molecular formula is C38H52N6O4. The van der Waals surface area contributed by atoms with Crippen LogP contribution < -0.4 is 0 Å². The van der Waals surface area contributed by atoms with Crippen LogP contribution in [0.3, 0.4) is 0 Å². The topological polar surface area (TPSA) is 116 Å². The van der Waals surface area contributed by atoms with Crippen molar-refractivity contribution in [2.45, 2.75) is 140 Å². The highest BCUT2D eigenvalue weighted by molar-refractivity contribution is 5.70. The number of amides is 2. The Balaban J connectivity index is 1.03. The van der Waals surface area contributed by atoms with Crippen LogP contribution >= 0.6 is 0 Å². The fourth-order valence-corrected chi connectivity index (χ4v) is 8.65. The minimum Gasteiger partial charge on any atom is -0.444 e. The Labute approximate surface area is 284 Å². The van der Waals surface area contributed by atoms with Crippen molar-refractivity contribution < 1.29 is 19.1 Å². The number of imidazole rings is 2. The molecule has 5 fully saturated rings. The molecule has 10 nitrogen and oxygen atoms in total. The standard InChI is InChI=1S/C38H52N6O4/c1-35(2,3)47-33(45)43-20-8-12-28(43)31-39-23-27(41-31)25-10-7-11-26(22-25)37-14-17-38(18-15-37,19-16-37)30-24-40-32(42-30)29-13-9-21-44(29)34(46)48-36(4,5)6/h7,10-11,22-24,28-29H,8-9,12-21H2,1-6H3,(H,39,41)(H,40,42). The molecule has 1 aromatic carbocycles. The lowest BCUT2D eigenvalue weighted by molar-refractivity contribution is 0.0208. The van der Waals surface area contributed by atoms with Gasteiger partial charge in [-0.3, -0.25) is 9.80 Å². The van der Waals surface area contributed by atoms with Crippen LogP contribution in [0.1, 0.15) is 141 Å². The second-order valence-electron chi connectivity index (χ2n) is 16.7. The first-order valence-corrected chi connectivity index (χ1v) is 17.9. The number of carbonyl (C=O) groups excluding carboxylic acids is 2. The van der Waals surface area contributed by atoms with Crippen LogP contribution in [0.5, 0.6) is 0 Å². The van der Waals surface area contributed by atoms with E-state index in [0.29, 0.717) is 13.1 Å². The molecule has 3 aromatic rings. The number of carbonyl (C=O) groups is 2. The van der Waals surface area contributed by atoms with Gasteiger partial charge >= 0.3 is 12.2 Å². The highest BCUT2D eigenvalue weighted by Gasteiger charge is 2.51. The lowest BCUT2D eigenvalue weighted by atomic mass is 9.51. The van der Waals surface area contributed by atoms with Gasteiger partial charge in [0.15, 0.2) is 0 Å². The minimum absolute atomic E-state index is 0.0592. The first-order chi connectivity index (χ1) is 22.7. The van der Waals surface area contributed by atoms with Crippen LogP contribution in [0.2, 0.25) is 0 Å². The summed E-state index contributed by atoms with van der Waals surface area (Å²) in [6.45, 7) is 12.8. The van der Waals surface area contributed by atoms with E-state index in [0.717, 1.165) is 87.1 Å². The van der Waals surface area contributed by atoms with Gasteiger partial charge in [-0.1, -0.05) is 18.2 Å². The number of ether oxygens (including phenoxy) is 2. The van der Waals surface area contributed by atoms with Gasteiger partial charge in [0.2, 0.25) is 0 Å². The molecule has 2 atom stereocenters. The maximum atomic E-state index is 12.9. The van der Waals surface area contributed by atoms with E-state index >= 15 is 0 Å². The van der Waals surface area contributed by atoms with Crippen molar-refractivity contribution in [1.82, 2.24) is 29.7 Å². The van der Waals surface area contributed by atoms with Crippen molar-refractivity contribution in [2.75, 3.05) is 13.1 Å². The third-order valence-corrected chi connectivity index (χ3v) is 11.2. The number of benzene rings is 1. The zero-order chi connectivity index (χ0) is 33.9. The minimum atomic E-state index is -0.530. The van der Waals surface area contributed by atoms with E-state index < -0.39 is 11.2 Å². The molecule has 2 saturated heterocycles. The largest absolute Gasteiger partial charge is 0.444 e. The number of likely N-dealkylation sites (tertiary alicyclic amines) is 2. The van der Waals surface area contributed by atoms with Crippen molar-refractivity contribution in [1.29, 1.82) is 0 Å². The van der Waals surface area contributed by atoms with E-state index in [1.54, 1.807) is 0 Å². The number of aromatic nitrogens is 4. The predicted molar refractivity (Wildman–Crippen MR) is 183 cm³/mol. The zero-order valence-electron chi connectivity index (χ0n) is 29.5. The van der Waals surface area contributed by atoms with E-state index in [1.807, 2.05) is 63.7 Å². The van der Waals surface area contributed by atoms with Gasteiger partial charge in [-0.2, -0.15) is 0 Å². The molecule has 3 aliphatic carbocycles. The molecule has 0 radical (unpaired) electrons. The van der Waals surface area contributed by atoms with E-state index in [2.05, 4.69) is 34.2 Å². The van der Waals surface area contributed by atoms with Crippen molar-refractivity contribution in [3.05, 3.63) is 59.6 Å². The highest BCUT2D eigenvalue weighted by atomic mass is 16.6. The van der Waals surface area contributed by atoms with Gasteiger partial charge in [-0.05, 0) is 128 Å². The molecule has 258 valence electrons. The summed E-state index contributed by atoms with van der Waals surface area (Å²) in [7, 11) is 0. The fraction of sp³-hybridized carbons (Fsp3) is 0.632. The van der Waals surface area contributed by atoms with Crippen LogP contribution in [0.4, 0.5) is 9.59 Å². The van der Waals surface area contributed by atoms with Gasteiger partial charge in [0.25, 0.3) is 0 Å². The lowest BCUT2D eigenvalue weighted by Crippen LogP contribution is -2.46. The van der Waals surface area contributed by atoms with Crippen LogP contribution in [-0.4, -0.2) is 66.2 Å². The van der Waals surface area contributed by atoms with Gasteiger partial charge in [-0.15, -0.1) is 0 Å². The molecule has 2 unspecified atom stereocenters. The molecule has 2 aliphatic heterocycles. The Hall–Kier alpha value is -3.82. The number of hydrogen-bond donors (Lipinski definition) is 2. The first-order valence-electron chi connectivity index (χ1n) is 17.9. The first kappa shape index (κ1) is 32.7. The van der Waals surface area contributed by atoms with Gasteiger partial charge in [0, 0.05) is 30.4 Å². The lowest BCUT2D eigenvalue weighted by Gasteiger charge is -2.53. The molecule has 10 heteroatoms. The third kappa shape index (κ3) is 6.23. The monoisotopic (exact) mass is 656 g/mol. The Kier molecular flexibility index (Phi) is 8.14. The average Bonchev–Trinajstić information content (AvgIpc) is 3.86. The molecule has 48 heavy (non-hydrogen) atoms. The zero-order valence-corrected chi connectivity index (χ0v) is 29.5. The van der Waals surface area contributed by atoms with Crippen LogP contribution in [0.15, 0.2) is 36.7 Å². The molecule has 2 aromatic heterocycles. The summed E-state index contributed by atoms with van der Waals surface area (Å²) < 4.78 is 11.4. The summed E-state index contributed by atoms with van der Waals surface area (Å²) >= 11 is 0. The van der Waals surface area contributed by atoms with Crippen molar-refractivity contribution in [2.24, 2.45) is 0 Å². The second-order valence-corrected chi connectivity index (χ2v) is 16.7. The number of aromatic amines is 2. The molecule has 2 amide bonds. The number of fused-ring (bicyclic) bond motifs is 3. The van der Waals surface area contributed by atoms with Crippen molar-refractivity contribution in [3.8, 4) is 11.3 Å². The quantitative estimate of drug-likeness (QED) is 0.285. The van der Waals surface area contributed by atoms with Gasteiger partial charge in [0.05, 0.1) is 24.0 Å². The van der Waals surface area contributed by atoms with Crippen LogP contribution in [0.25, 0.3) is 11.3 Å². The fourth-order valence-electron chi connectivity index (χ4n) is 8.65. The van der Waals surface area contributed by atoms with E-state index in [1.165, 1.54) is 11.3 Å². The van der Waals surface area contributed by atoms with E-state index in [4.69, 9.17) is 19.4 Å². The molecule has 8 rings (SSSR count). The summed E-state index contributed by atoms with van der Waals surface area (Å²) in [5.41, 5.74) is 3.99. The number of nitrogens with one attached hydrogen (secondary N) is 2. The maximum absolute atomic E-state index is 12.9. The summed E-state index contributed by atoms with van der Waals surface area (Å²) in [5, 5.41) is 0. The second kappa shape index (κ2) is 11.9. The summed E-state index contributed by atoms with van der Waals surface area (Å²) in [6, 6.07) is 8.84. The summed E-state index contributed by atoms with van der Waals surface area (Å²) in [6.07, 6.45) is 13.9. The number of nitrogens with zero attached hydrogens (tertiary/aromatic N) is 4. The third-order valence-electron chi connectivity index (χ3n) is 11.2. The number of hydrogen-bond acceptors (Lipinski definition) is 6. The van der Waals surface area contributed by atoms with Gasteiger partial charge in [-0.25, -0.2) is 19.6 Å². The number of H-pyrrole nitrogens is 2. The Morgan fingerprint density at radius 2 is 1.27 bits per heavy atom. The van der Waals surface area contributed by atoms with Gasteiger partial charge < -0.3 is 19.4 Å². The summed E-state index contributed by atoms with van der Waals surface area (Å²) in [5.74, 6) is 1.71.